The second-order valence-corrected chi connectivity index (χ2v) is 7.11. The number of urea groups is 1. The highest BCUT2D eigenvalue weighted by molar-refractivity contribution is 6.42. The maximum absolute atomic E-state index is 12.2. The number of rotatable bonds is 5. The third-order valence-electron chi connectivity index (χ3n) is 4.24. The van der Waals surface area contributed by atoms with Crippen LogP contribution >= 0.6 is 23.2 Å². The largest absolute Gasteiger partial charge is 0.338 e. The molecule has 0 radical (unpaired) electrons. The molecule has 136 valence electrons. The summed E-state index contributed by atoms with van der Waals surface area (Å²) >= 11 is 11.8. The van der Waals surface area contributed by atoms with Crippen molar-refractivity contribution < 1.29 is 9.59 Å². The van der Waals surface area contributed by atoms with E-state index in [1.54, 1.807) is 18.2 Å². The lowest BCUT2D eigenvalue weighted by Gasteiger charge is -2.17. The highest BCUT2D eigenvalue weighted by Crippen LogP contribution is 2.25. The standard InChI is InChI=1S/C19H19Cl2N3O2/c20-16-7-6-15(9-17(16)21)23-19(26)22-10-14-8-18(25)24(12-14)11-13-4-2-1-3-5-13/h1-7,9,14H,8,10-12H2,(H2,22,23,26). The Balaban J connectivity index is 1.46. The minimum Gasteiger partial charge on any atom is -0.338 e. The van der Waals surface area contributed by atoms with E-state index in [1.807, 2.05) is 35.2 Å². The van der Waals surface area contributed by atoms with Crippen molar-refractivity contribution >= 4 is 40.8 Å². The molecule has 1 fully saturated rings. The molecule has 0 spiro atoms. The van der Waals surface area contributed by atoms with Gasteiger partial charge in [0, 0.05) is 37.7 Å². The number of likely N-dealkylation sites (tertiary alicyclic amines) is 1. The Hall–Kier alpha value is -2.24. The van der Waals surface area contributed by atoms with Crippen LogP contribution in [0.4, 0.5) is 10.5 Å². The topological polar surface area (TPSA) is 61.4 Å². The van der Waals surface area contributed by atoms with Crippen molar-refractivity contribution in [1.82, 2.24) is 10.2 Å². The van der Waals surface area contributed by atoms with Crippen molar-refractivity contribution in [2.24, 2.45) is 5.92 Å². The van der Waals surface area contributed by atoms with E-state index >= 15 is 0 Å². The van der Waals surface area contributed by atoms with E-state index in [0.717, 1.165) is 5.56 Å². The number of halogens is 2. The zero-order valence-corrected chi connectivity index (χ0v) is 15.6. The quantitative estimate of drug-likeness (QED) is 0.803. The van der Waals surface area contributed by atoms with Crippen LogP contribution in [-0.4, -0.2) is 29.9 Å². The van der Waals surface area contributed by atoms with Gasteiger partial charge in [0.2, 0.25) is 5.91 Å². The van der Waals surface area contributed by atoms with Gasteiger partial charge in [-0.05, 0) is 23.8 Å². The summed E-state index contributed by atoms with van der Waals surface area (Å²) in [6, 6.07) is 14.4. The second-order valence-electron chi connectivity index (χ2n) is 6.29. The molecule has 0 aliphatic carbocycles. The first-order valence-corrected chi connectivity index (χ1v) is 9.08. The monoisotopic (exact) mass is 391 g/mol. The van der Waals surface area contributed by atoms with Gasteiger partial charge < -0.3 is 15.5 Å². The minimum absolute atomic E-state index is 0.103. The average Bonchev–Trinajstić information content (AvgIpc) is 2.97. The van der Waals surface area contributed by atoms with Crippen molar-refractivity contribution in [2.75, 3.05) is 18.4 Å². The molecule has 7 heteroatoms. The molecule has 1 atom stereocenters. The van der Waals surface area contributed by atoms with Gasteiger partial charge in [0.1, 0.15) is 0 Å². The van der Waals surface area contributed by atoms with Crippen LogP contribution in [0, 0.1) is 5.92 Å². The first-order valence-electron chi connectivity index (χ1n) is 8.33. The molecule has 0 aromatic heterocycles. The van der Waals surface area contributed by atoms with Crippen molar-refractivity contribution in [3.05, 3.63) is 64.1 Å². The molecule has 1 saturated heterocycles. The van der Waals surface area contributed by atoms with Gasteiger partial charge in [0.25, 0.3) is 0 Å². The summed E-state index contributed by atoms with van der Waals surface area (Å²) in [4.78, 5) is 26.0. The zero-order valence-electron chi connectivity index (χ0n) is 14.0. The maximum Gasteiger partial charge on any atom is 0.319 e. The molecule has 26 heavy (non-hydrogen) atoms. The van der Waals surface area contributed by atoms with Crippen LogP contribution in [0.1, 0.15) is 12.0 Å². The minimum atomic E-state index is -0.336. The molecule has 1 unspecified atom stereocenters. The summed E-state index contributed by atoms with van der Waals surface area (Å²) in [5, 5.41) is 6.32. The van der Waals surface area contributed by atoms with Crippen LogP contribution in [0.2, 0.25) is 10.0 Å². The number of nitrogens with one attached hydrogen (secondary N) is 2. The summed E-state index contributed by atoms with van der Waals surface area (Å²) in [5.74, 6) is 0.219. The molecule has 1 heterocycles. The van der Waals surface area contributed by atoms with Gasteiger partial charge in [0.15, 0.2) is 0 Å². The summed E-state index contributed by atoms with van der Waals surface area (Å²) in [5.41, 5.74) is 1.66. The number of carbonyl (C=O) groups is 2. The van der Waals surface area contributed by atoms with Crippen LogP contribution in [0.25, 0.3) is 0 Å². The van der Waals surface area contributed by atoms with E-state index in [9.17, 15) is 9.59 Å². The summed E-state index contributed by atoms with van der Waals surface area (Å²) < 4.78 is 0. The number of hydrogen-bond donors (Lipinski definition) is 2. The summed E-state index contributed by atoms with van der Waals surface area (Å²) in [6.45, 7) is 1.68. The maximum atomic E-state index is 12.2. The van der Waals surface area contributed by atoms with Crippen LogP contribution in [0.3, 0.4) is 0 Å². The number of hydrogen-bond acceptors (Lipinski definition) is 2. The first-order chi connectivity index (χ1) is 12.5. The highest BCUT2D eigenvalue weighted by Gasteiger charge is 2.29. The number of benzene rings is 2. The molecule has 3 rings (SSSR count). The van der Waals surface area contributed by atoms with Gasteiger partial charge in [-0.2, -0.15) is 0 Å². The molecule has 2 N–H and O–H groups in total. The Morgan fingerprint density at radius 1 is 1.12 bits per heavy atom. The van der Waals surface area contributed by atoms with Gasteiger partial charge in [0.05, 0.1) is 10.0 Å². The zero-order chi connectivity index (χ0) is 18.5. The summed E-state index contributed by atoms with van der Waals surface area (Å²) in [7, 11) is 0. The SMILES string of the molecule is O=C(NCC1CC(=O)N(Cc2ccccc2)C1)Nc1ccc(Cl)c(Cl)c1. The lowest BCUT2D eigenvalue weighted by atomic mass is 10.1. The van der Waals surface area contributed by atoms with Crippen LogP contribution < -0.4 is 10.6 Å². The molecule has 3 amide bonds. The van der Waals surface area contributed by atoms with Crippen molar-refractivity contribution in [3.8, 4) is 0 Å². The molecule has 0 saturated carbocycles. The molecule has 5 nitrogen and oxygen atoms in total. The van der Waals surface area contributed by atoms with E-state index in [-0.39, 0.29) is 17.9 Å². The number of nitrogens with zero attached hydrogens (tertiary/aromatic N) is 1. The van der Waals surface area contributed by atoms with Crippen LogP contribution in [0.5, 0.6) is 0 Å². The first kappa shape index (κ1) is 18.5. The molecule has 2 aromatic carbocycles. The fourth-order valence-electron chi connectivity index (χ4n) is 2.93. The Bertz CT molecular complexity index is 799. The van der Waals surface area contributed by atoms with E-state index in [4.69, 9.17) is 23.2 Å². The van der Waals surface area contributed by atoms with Gasteiger partial charge in [-0.1, -0.05) is 53.5 Å². The molecular weight excluding hydrogens is 373 g/mol. The average molecular weight is 392 g/mol. The van der Waals surface area contributed by atoms with Gasteiger partial charge >= 0.3 is 6.03 Å². The van der Waals surface area contributed by atoms with E-state index in [2.05, 4.69) is 10.6 Å². The molecule has 1 aliphatic rings. The Morgan fingerprint density at radius 2 is 1.88 bits per heavy atom. The molecular formula is C19H19Cl2N3O2. The highest BCUT2D eigenvalue weighted by atomic mass is 35.5. The third kappa shape index (κ3) is 4.90. The molecule has 0 bridgehead atoms. The van der Waals surface area contributed by atoms with Crippen molar-refractivity contribution in [3.63, 3.8) is 0 Å². The Kier molecular flexibility index (Phi) is 6.01. The van der Waals surface area contributed by atoms with Crippen molar-refractivity contribution in [2.45, 2.75) is 13.0 Å². The lowest BCUT2D eigenvalue weighted by Crippen LogP contribution is -2.34. The van der Waals surface area contributed by atoms with Crippen LogP contribution in [0.15, 0.2) is 48.5 Å². The van der Waals surface area contributed by atoms with E-state index in [0.29, 0.717) is 41.8 Å². The normalized spacial score (nSPS) is 16.6. The van der Waals surface area contributed by atoms with E-state index in [1.165, 1.54) is 0 Å². The van der Waals surface area contributed by atoms with Gasteiger partial charge in [-0.25, -0.2) is 4.79 Å². The Labute approximate surface area is 162 Å². The fraction of sp³-hybridized carbons (Fsp3) is 0.263. The number of carbonyl (C=O) groups excluding carboxylic acids is 2. The smallest absolute Gasteiger partial charge is 0.319 e. The lowest BCUT2D eigenvalue weighted by molar-refractivity contribution is -0.128. The number of anilines is 1. The molecule has 1 aliphatic heterocycles. The van der Waals surface area contributed by atoms with Crippen LogP contribution in [-0.2, 0) is 11.3 Å². The Morgan fingerprint density at radius 3 is 2.62 bits per heavy atom. The second kappa shape index (κ2) is 8.43. The third-order valence-corrected chi connectivity index (χ3v) is 4.98. The molecule has 2 aromatic rings. The predicted molar refractivity (Wildman–Crippen MR) is 103 cm³/mol. The van der Waals surface area contributed by atoms with Gasteiger partial charge in [-0.3, -0.25) is 4.79 Å². The van der Waals surface area contributed by atoms with E-state index < -0.39 is 0 Å². The van der Waals surface area contributed by atoms with Gasteiger partial charge in [-0.15, -0.1) is 0 Å². The fourth-order valence-corrected chi connectivity index (χ4v) is 3.23. The predicted octanol–water partition coefficient (Wildman–Crippen LogP) is 4.16. The summed E-state index contributed by atoms with van der Waals surface area (Å²) in [6.07, 6.45) is 0.444. The van der Waals surface area contributed by atoms with Crippen molar-refractivity contribution in [1.29, 1.82) is 0 Å². The number of amides is 3.